The first-order valence-corrected chi connectivity index (χ1v) is 11.5. The molecule has 0 fully saturated rings. The van der Waals surface area contributed by atoms with Crippen LogP contribution in [0.4, 0.5) is 0 Å². The minimum Gasteiger partial charge on any atom is -0.507 e. The van der Waals surface area contributed by atoms with Crippen molar-refractivity contribution >= 4 is 11.2 Å². The SMILES string of the molecule is Cn1c(=O)c2c(ncn2CCNC[C@@H](O)c2cc(C(C)(C)C)c(O)c(C(C)(C)C)c2)n(C)c1=O. The van der Waals surface area contributed by atoms with Crippen LogP contribution in [-0.2, 0) is 31.5 Å². The molecule has 1 aromatic carbocycles. The number of hydrogen-bond donors (Lipinski definition) is 3. The number of hydrogen-bond acceptors (Lipinski definition) is 6. The van der Waals surface area contributed by atoms with Gasteiger partial charge in [-0.2, -0.15) is 0 Å². The molecule has 2 heterocycles. The Morgan fingerprint density at radius 1 is 1.00 bits per heavy atom. The Morgan fingerprint density at radius 2 is 1.56 bits per heavy atom. The average Bonchev–Trinajstić information content (AvgIpc) is 3.16. The van der Waals surface area contributed by atoms with Gasteiger partial charge in [0.15, 0.2) is 11.2 Å². The minimum atomic E-state index is -0.768. The van der Waals surface area contributed by atoms with E-state index in [4.69, 9.17) is 0 Å². The summed E-state index contributed by atoms with van der Waals surface area (Å²) in [6, 6.07) is 3.76. The molecule has 186 valence electrons. The zero-order valence-corrected chi connectivity index (χ0v) is 21.4. The molecule has 3 rings (SSSR count). The summed E-state index contributed by atoms with van der Waals surface area (Å²) in [6.07, 6.45) is 0.783. The summed E-state index contributed by atoms with van der Waals surface area (Å²) < 4.78 is 4.14. The fourth-order valence-corrected chi connectivity index (χ4v) is 4.12. The van der Waals surface area contributed by atoms with Gasteiger partial charge in [0.2, 0.25) is 0 Å². The number of aromatic hydroxyl groups is 1. The lowest BCUT2D eigenvalue weighted by molar-refractivity contribution is 0.174. The molecule has 0 aliphatic rings. The Labute approximate surface area is 199 Å². The van der Waals surface area contributed by atoms with Gasteiger partial charge in [-0.3, -0.25) is 13.9 Å². The second-order valence-electron chi connectivity index (χ2n) is 11.0. The van der Waals surface area contributed by atoms with Crippen LogP contribution in [0.1, 0.15) is 64.3 Å². The van der Waals surface area contributed by atoms with Gasteiger partial charge in [-0.15, -0.1) is 0 Å². The average molecular weight is 472 g/mol. The smallest absolute Gasteiger partial charge is 0.332 e. The third-order valence-electron chi connectivity index (χ3n) is 6.22. The van der Waals surface area contributed by atoms with E-state index in [1.807, 2.05) is 53.7 Å². The number of aliphatic hydroxyl groups is 1. The molecule has 0 aliphatic carbocycles. The number of fused-ring (bicyclic) bond motifs is 1. The topological polar surface area (TPSA) is 114 Å². The number of rotatable bonds is 6. The fourth-order valence-electron chi connectivity index (χ4n) is 4.12. The molecule has 0 spiro atoms. The quantitative estimate of drug-likeness (QED) is 0.474. The summed E-state index contributed by atoms with van der Waals surface area (Å²) in [6.45, 7) is 13.5. The van der Waals surface area contributed by atoms with Crippen LogP contribution in [0.15, 0.2) is 28.0 Å². The van der Waals surface area contributed by atoms with Crippen LogP contribution < -0.4 is 16.6 Å². The molecule has 0 saturated heterocycles. The van der Waals surface area contributed by atoms with Crippen molar-refractivity contribution in [2.24, 2.45) is 14.1 Å². The van der Waals surface area contributed by atoms with E-state index in [0.717, 1.165) is 21.3 Å². The number of benzene rings is 1. The van der Waals surface area contributed by atoms with E-state index >= 15 is 0 Å². The number of phenolic OH excluding ortho intramolecular Hbond substituents is 1. The van der Waals surface area contributed by atoms with Gasteiger partial charge < -0.3 is 20.1 Å². The first-order chi connectivity index (χ1) is 15.6. The van der Waals surface area contributed by atoms with Crippen molar-refractivity contribution in [3.63, 3.8) is 0 Å². The molecule has 0 bridgehead atoms. The molecule has 0 aliphatic heterocycles. The van der Waals surface area contributed by atoms with Crippen LogP contribution in [0, 0.1) is 0 Å². The predicted molar refractivity (Wildman–Crippen MR) is 134 cm³/mol. The van der Waals surface area contributed by atoms with E-state index < -0.39 is 11.8 Å². The van der Waals surface area contributed by atoms with E-state index in [1.165, 1.54) is 11.6 Å². The van der Waals surface area contributed by atoms with Crippen LogP contribution in [0.3, 0.4) is 0 Å². The second kappa shape index (κ2) is 9.03. The maximum absolute atomic E-state index is 12.6. The molecule has 0 amide bonds. The molecule has 34 heavy (non-hydrogen) atoms. The van der Waals surface area contributed by atoms with E-state index in [-0.39, 0.29) is 22.1 Å². The molecule has 3 aromatic rings. The number of nitrogens with zero attached hydrogens (tertiary/aromatic N) is 4. The molecule has 2 aromatic heterocycles. The lowest BCUT2D eigenvalue weighted by Crippen LogP contribution is -2.37. The van der Waals surface area contributed by atoms with Gasteiger partial charge in [-0.05, 0) is 39.7 Å². The van der Waals surface area contributed by atoms with Crippen molar-refractivity contribution in [3.05, 3.63) is 56.0 Å². The Bertz CT molecular complexity index is 1280. The van der Waals surface area contributed by atoms with Crippen molar-refractivity contribution in [2.75, 3.05) is 13.1 Å². The summed E-state index contributed by atoms with van der Waals surface area (Å²) in [5.41, 5.74) is 1.73. The van der Waals surface area contributed by atoms with Crippen LogP contribution >= 0.6 is 0 Å². The predicted octanol–water partition coefficient (Wildman–Crippen LogP) is 2.06. The molecule has 1 atom stereocenters. The Morgan fingerprint density at radius 3 is 2.09 bits per heavy atom. The third-order valence-corrected chi connectivity index (χ3v) is 6.22. The maximum Gasteiger partial charge on any atom is 0.332 e. The Kier molecular flexibility index (Phi) is 6.83. The van der Waals surface area contributed by atoms with E-state index in [9.17, 15) is 19.8 Å². The summed E-state index contributed by atoms with van der Waals surface area (Å²) >= 11 is 0. The normalized spacial score (nSPS) is 13.6. The third kappa shape index (κ3) is 4.81. The summed E-state index contributed by atoms with van der Waals surface area (Å²) in [5, 5.41) is 25.0. The lowest BCUT2D eigenvalue weighted by Gasteiger charge is -2.29. The molecule has 9 nitrogen and oxygen atoms in total. The highest BCUT2D eigenvalue weighted by Crippen LogP contribution is 2.40. The van der Waals surface area contributed by atoms with Gasteiger partial charge in [0.05, 0.1) is 12.4 Å². The number of nitrogens with one attached hydrogen (secondary N) is 1. The highest BCUT2D eigenvalue weighted by molar-refractivity contribution is 5.69. The molecule has 9 heteroatoms. The maximum atomic E-state index is 12.6. The first-order valence-electron chi connectivity index (χ1n) is 11.5. The Balaban J connectivity index is 1.77. The van der Waals surface area contributed by atoms with Gasteiger partial charge in [0.1, 0.15) is 5.75 Å². The van der Waals surface area contributed by atoms with Gasteiger partial charge in [-0.25, -0.2) is 9.78 Å². The standard InChI is InChI=1S/C25H37N5O4/c1-24(2,3)16-11-15(12-17(20(16)32)25(4,5)6)18(31)13-26-9-10-30-14-27-21-19(30)22(33)29(8)23(34)28(21)7/h11-12,14,18,26,31-32H,9-10,13H2,1-8H3/t18-/m1/s1. The summed E-state index contributed by atoms with van der Waals surface area (Å²) in [7, 11) is 3.04. The molecule has 0 unspecified atom stereocenters. The van der Waals surface area contributed by atoms with Crippen molar-refractivity contribution in [1.29, 1.82) is 0 Å². The molecule has 0 saturated carbocycles. The van der Waals surface area contributed by atoms with E-state index in [2.05, 4.69) is 10.3 Å². The molecular formula is C25H37N5O4. The number of aliphatic hydroxyl groups excluding tert-OH is 1. The van der Waals surface area contributed by atoms with Crippen molar-refractivity contribution in [1.82, 2.24) is 24.0 Å². The van der Waals surface area contributed by atoms with Crippen molar-refractivity contribution in [2.45, 2.75) is 65.0 Å². The molecular weight excluding hydrogens is 434 g/mol. The van der Waals surface area contributed by atoms with Crippen LogP contribution in [0.5, 0.6) is 5.75 Å². The lowest BCUT2D eigenvalue weighted by atomic mass is 9.78. The van der Waals surface area contributed by atoms with Gasteiger partial charge >= 0.3 is 5.69 Å². The fraction of sp³-hybridized carbons (Fsp3) is 0.560. The molecule has 3 N–H and O–H groups in total. The van der Waals surface area contributed by atoms with Gasteiger partial charge in [0.25, 0.3) is 5.56 Å². The van der Waals surface area contributed by atoms with Crippen LogP contribution in [-0.4, -0.2) is 42.0 Å². The van der Waals surface area contributed by atoms with Crippen molar-refractivity contribution in [3.8, 4) is 5.75 Å². The van der Waals surface area contributed by atoms with E-state index in [0.29, 0.717) is 30.8 Å². The largest absolute Gasteiger partial charge is 0.507 e. The highest BCUT2D eigenvalue weighted by atomic mass is 16.3. The number of aromatic nitrogens is 4. The van der Waals surface area contributed by atoms with Gasteiger partial charge in [0, 0.05) is 33.7 Å². The summed E-state index contributed by atoms with van der Waals surface area (Å²) in [4.78, 5) is 28.9. The zero-order valence-electron chi connectivity index (χ0n) is 21.4. The van der Waals surface area contributed by atoms with E-state index in [1.54, 1.807) is 17.9 Å². The number of imidazole rings is 1. The van der Waals surface area contributed by atoms with Gasteiger partial charge in [-0.1, -0.05) is 41.5 Å². The zero-order chi connectivity index (χ0) is 25.6. The summed E-state index contributed by atoms with van der Waals surface area (Å²) in [5.74, 6) is 0.284. The van der Waals surface area contributed by atoms with Crippen molar-refractivity contribution < 1.29 is 10.2 Å². The monoisotopic (exact) mass is 471 g/mol. The Hall–Kier alpha value is -2.91. The van der Waals surface area contributed by atoms with Crippen LogP contribution in [0.2, 0.25) is 0 Å². The number of aryl methyl sites for hydroxylation is 1. The molecule has 0 radical (unpaired) electrons. The second-order valence-corrected chi connectivity index (χ2v) is 11.0. The van der Waals surface area contributed by atoms with Crippen LogP contribution in [0.25, 0.3) is 11.2 Å². The number of phenols is 1. The first kappa shape index (κ1) is 25.7. The highest BCUT2D eigenvalue weighted by Gasteiger charge is 2.27. The minimum absolute atomic E-state index is 0.276.